The van der Waals surface area contributed by atoms with Gasteiger partial charge in [-0.15, -0.1) is 0 Å². The molecule has 3 nitrogen and oxygen atoms in total. The van der Waals surface area contributed by atoms with Crippen LogP contribution < -0.4 is 5.32 Å². The fourth-order valence-electron chi connectivity index (χ4n) is 2.61. The Morgan fingerprint density at radius 2 is 2.26 bits per heavy atom. The van der Waals surface area contributed by atoms with Crippen LogP contribution >= 0.6 is 15.9 Å². The summed E-state index contributed by atoms with van der Waals surface area (Å²) in [6, 6.07) is 6.32. The summed E-state index contributed by atoms with van der Waals surface area (Å²) in [5.74, 6) is 0. The number of amides is 2. The number of carbonyl (C=O) groups is 1. The van der Waals surface area contributed by atoms with Crippen molar-refractivity contribution in [3.63, 3.8) is 0 Å². The van der Waals surface area contributed by atoms with Crippen LogP contribution in [0.1, 0.15) is 38.2 Å². The molecule has 4 heteroatoms. The number of piperidine rings is 1. The summed E-state index contributed by atoms with van der Waals surface area (Å²) in [5, 5.41) is 3.01. The number of aryl methyl sites for hydroxylation is 1. The quantitative estimate of drug-likeness (QED) is 0.850. The summed E-state index contributed by atoms with van der Waals surface area (Å²) < 4.78 is 1.06. The molecule has 1 aliphatic heterocycles. The molecule has 19 heavy (non-hydrogen) atoms. The van der Waals surface area contributed by atoms with Crippen molar-refractivity contribution in [3.8, 4) is 0 Å². The lowest BCUT2D eigenvalue weighted by molar-refractivity contribution is 0.160. The maximum Gasteiger partial charge on any atom is 0.322 e. The van der Waals surface area contributed by atoms with Crippen LogP contribution in [0.25, 0.3) is 0 Å². The van der Waals surface area contributed by atoms with Gasteiger partial charge >= 0.3 is 6.03 Å². The largest absolute Gasteiger partial charge is 0.322 e. The van der Waals surface area contributed by atoms with Gasteiger partial charge in [0, 0.05) is 22.7 Å². The smallest absolute Gasteiger partial charge is 0.322 e. The Kier molecular flexibility index (Phi) is 4.86. The van der Waals surface area contributed by atoms with E-state index in [9.17, 15) is 4.79 Å². The molecule has 1 N–H and O–H groups in total. The Labute approximate surface area is 123 Å². The zero-order valence-electron chi connectivity index (χ0n) is 11.6. The highest BCUT2D eigenvalue weighted by molar-refractivity contribution is 9.10. The summed E-state index contributed by atoms with van der Waals surface area (Å²) in [7, 11) is 0. The molecule has 1 fully saturated rings. The number of carbonyl (C=O) groups excluding carboxylic acids is 1. The van der Waals surface area contributed by atoms with Gasteiger partial charge in [-0.3, -0.25) is 0 Å². The van der Waals surface area contributed by atoms with Crippen molar-refractivity contribution >= 4 is 27.6 Å². The number of rotatable bonds is 2. The third-order valence-electron chi connectivity index (χ3n) is 3.77. The Morgan fingerprint density at radius 3 is 2.95 bits per heavy atom. The van der Waals surface area contributed by atoms with E-state index in [1.807, 2.05) is 30.0 Å². The molecule has 104 valence electrons. The monoisotopic (exact) mass is 324 g/mol. The second kappa shape index (κ2) is 6.42. The highest BCUT2D eigenvalue weighted by atomic mass is 79.9. The maximum atomic E-state index is 12.3. The molecule has 2 amide bonds. The van der Waals surface area contributed by atoms with Crippen molar-refractivity contribution in [1.29, 1.82) is 0 Å². The Bertz CT molecular complexity index is 461. The van der Waals surface area contributed by atoms with Gasteiger partial charge in [0.2, 0.25) is 0 Å². The number of likely N-dealkylation sites (tertiary alicyclic amines) is 1. The average molecular weight is 325 g/mol. The first kappa shape index (κ1) is 14.4. The second-order valence-electron chi connectivity index (χ2n) is 5.15. The Hall–Kier alpha value is -1.03. The van der Waals surface area contributed by atoms with Gasteiger partial charge in [-0.2, -0.15) is 0 Å². The molecule has 0 saturated carbocycles. The predicted octanol–water partition coefficient (Wildman–Crippen LogP) is 4.55. The molecule has 0 bridgehead atoms. The second-order valence-corrected chi connectivity index (χ2v) is 6.00. The van der Waals surface area contributed by atoms with E-state index in [2.05, 4.69) is 28.2 Å². The van der Waals surface area contributed by atoms with Gasteiger partial charge in [-0.1, -0.05) is 22.9 Å². The molecule has 1 aromatic rings. The van der Waals surface area contributed by atoms with Crippen LogP contribution in [-0.4, -0.2) is 23.5 Å². The molecule has 1 heterocycles. The van der Waals surface area contributed by atoms with Gasteiger partial charge in [0.15, 0.2) is 0 Å². The van der Waals surface area contributed by atoms with Crippen molar-refractivity contribution in [1.82, 2.24) is 4.90 Å². The molecule has 0 aliphatic carbocycles. The highest BCUT2D eigenvalue weighted by Gasteiger charge is 2.25. The van der Waals surface area contributed by atoms with E-state index in [-0.39, 0.29) is 6.03 Å². The zero-order valence-corrected chi connectivity index (χ0v) is 13.2. The predicted molar refractivity (Wildman–Crippen MR) is 82.5 cm³/mol. The van der Waals surface area contributed by atoms with E-state index in [1.54, 1.807) is 0 Å². The SMILES string of the molecule is CCC1CCCCN1C(=O)Nc1ccc(Br)c(C)c1. The van der Waals surface area contributed by atoms with Crippen LogP contribution in [0.15, 0.2) is 22.7 Å². The number of anilines is 1. The number of halogens is 1. The van der Waals surface area contributed by atoms with Crippen molar-refractivity contribution in [3.05, 3.63) is 28.2 Å². The number of nitrogens with one attached hydrogen (secondary N) is 1. The van der Waals surface area contributed by atoms with Crippen LogP contribution in [0.4, 0.5) is 10.5 Å². The lowest BCUT2D eigenvalue weighted by atomic mass is 10.0. The fourth-order valence-corrected chi connectivity index (χ4v) is 2.86. The first-order valence-electron chi connectivity index (χ1n) is 6.95. The van der Waals surface area contributed by atoms with Gasteiger partial charge in [0.25, 0.3) is 0 Å². The van der Waals surface area contributed by atoms with E-state index in [0.717, 1.165) is 41.5 Å². The minimum Gasteiger partial charge on any atom is -0.322 e. The minimum atomic E-state index is 0.0354. The summed E-state index contributed by atoms with van der Waals surface area (Å²) in [6.07, 6.45) is 4.51. The van der Waals surface area contributed by atoms with Crippen molar-refractivity contribution in [2.75, 3.05) is 11.9 Å². The molecule has 1 aromatic carbocycles. The number of hydrogen-bond donors (Lipinski definition) is 1. The first-order valence-corrected chi connectivity index (χ1v) is 7.75. The summed E-state index contributed by atoms with van der Waals surface area (Å²) in [5.41, 5.74) is 2.00. The van der Waals surface area contributed by atoms with E-state index in [0.29, 0.717) is 6.04 Å². The standard InChI is InChI=1S/C15H21BrN2O/c1-3-13-6-4-5-9-18(13)15(19)17-12-7-8-14(16)11(2)10-12/h7-8,10,13H,3-6,9H2,1-2H3,(H,17,19). The topological polar surface area (TPSA) is 32.3 Å². The number of benzene rings is 1. The van der Waals surface area contributed by atoms with Crippen LogP contribution in [0, 0.1) is 6.92 Å². The summed E-state index contributed by atoms with van der Waals surface area (Å²) in [4.78, 5) is 14.3. The van der Waals surface area contributed by atoms with Crippen molar-refractivity contribution in [2.24, 2.45) is 0 Å². The highest BCUT2D eigenvalue weighted by Crippen LogP contribution is 2.23. The van der Waals surface area contributed by atoms with Gasteiger partial charge < -0.3 is 10.2 Å². The lowest BCUT2D eigenvalue weighted by Crippen LogP contribution is -2.45. The van der Waals surface area contributed by atoms with Gasteiger partial charge in [-0.05, 0) is 56.4 Å². The Morgan fingerprint density at radius 1 is 1.47 bits per heavy atom. The van der Waals surface area contributed by atoms with Gasteiger partial charge in [-0.25, -0.2) is 4.79 Å². The molecular weight excluding hydrogens is 304 g/mol. The minimum absolute atomic E-state index is 0.0354. The van der Waals surface area contributed by atoms with Crippen molar-refractivity contribution in [2.45, 2.75) is 45.6 Å². The molecule has 1 aliphatic rings. The van der Waals surface area contributed by atoms with Crippen LogP contribution in [0.3, 0.4) is 0 Å². The molecule has 2 rings (SSSR count). The normalized spacial score (nSPS) is 19.3. The van der Waals surface area contributed by atoms with Crippen LogP contribution in [-0.2, 0) is 0 Å². The van der Waals surface area contributed by atoms with Gasteiger partial charge in [0.1, 0.15) is 0 Å². The van der Waals surface area contributed by atoms with E-state index in [4.69, 9.17) is 0 Å². The molecule has 0 aromatic heterocycles. The third-order valence-corrected chi connectivity index (χ3v) is 4.66. The maximum absolute atomic E-state index is 12.3. The molecule has 1 unspecified atom stereocenters. The Balaban J connectivity index is 2.05. The van der Waals surface area contributed by atoms with Crippen LogP contribution in [0.2, 0.25) is 0 Å². The van der Waals surface area contributed by atoms with Gasteiger partial charge in [0.05, 0.1) is 0 Å². The zero-order chi connectivity index (χ0) is 13.8. The van der Waals surface area contributed by atoms with E-state index >= 15 is 0 Å². The van der Waals surface area contributed by atoms with Crippen molar-refractivity contribution < 1.29 is 4.79 Å². The van der Waals surface area contributed by atoms with E-state index < -0.39 is 0 Å². The van der Waals surface area contributed by atoms with Crippen LogP contribution in [0.5, 0.6) is 0 Å². The number of urea groups is 1. The molecule has 1 atom stereocenters. The fraction of sp³-hybridized carbons (Fsp3) is 0.533. The number of hydrogen-bond acceptors (Lipinski definition) is 1. The lowest BCUT2D eigenvalue weighted by Gasteiger charge is -2.35. The first-order chi connectivity index (χ1) is 9.11. The average Bonchev–Trinajstić information content (AvgIpc) is 2.43. The van der Waals surface area contributed by atoms with E-state index in [1.165, 1.54) is 6.42 Å². The summed E-state index contributed by atoms with van der Waals surface area (Å²) >= 11 is 3.47. The molecular formula is C15H21BrN2O. The third kappa shape index (κ3) is 3.50. The number of nitrogens with zero attached hydrogens (tertiary/aromatic N) is 1. The summed E-state index contributed by atoms with van der Waals surface area (Å²) in [6.45, 7) is 5.05. The molecule has 0 radical (unpaired) electrons. The molecule has 1 saturated heterocycles. The molecule has 0 spiro atoms.